The largest absolute Gasteiger partial charge is 0.373 e. The molecular weight excluding hydrogens is 346 g/mol. The number of rotatable bonds is 4. The van der Waals surface area contributed by atoms with E-state index in [9.17, 15) is 4.21 Å². The highest BCUT2D eigenvalue weighted by Crippen LogP contribution is 2.28. The Labute approximate surface area is 145 Å². The molecule has 24 heavy (non-hydrogen) atoms. The van der Waals surface area contributed by atoms with Crippen molar-refractivity contribution in [3.63, 3.8) is 0 Å². The van der Waals surface area contributed by atoms with Gasteiger partial charge >= 0.3 is 6.15 Å². The van der Waals surface area contributed by atoms with E-state index in [1.54, 1.807) is 24.2 Å². The van der Waals surface area contributed by atoms with Gasteiger partial charge in [-0.3, -0.25) is 4.21 Å². The molecule has 6 nitrogen and oxygen atoms in total. The number of hydrogen-bond donors (Lipinski definition) is 1. The van der Waals surface area contributed by atoms with Crippen LogP contribution in [0.2, 0.25) is 0 Å². The summed E-state index contributed by atoms with van der Waals surface area (Å²) in [6, 6.07) is 16.1. The Bertz CT molecular complexity index is 826. The van der Waals surface area contributed by atoms with E-state index < -0.39 is 10.8 Å². The lowest BCUT2D eigenvalue weighted by atomic mass is 10.1. The van der Waals surface area contributed by atoms with E-state index in [1.165, 1.54) is 0 Å². The standard InChI is InChI=1S/C15H13N3OS2.CO2/c1-21(19)14-8-4-12(5-9-14)11-2-6-13(7-3-11)20-15-10-16-18-17-15;2-1-3/h2-10H,1H3,(H,16,17,18);. The number of nitrogens with zero attached hydrogens (tertiary/aromatic N) is 2. The SMILES string of the molecule is CS(=O)c1ccc(-c2ccc(Sc3cn[nH]n3)cc2)cc1.O=C=O. The molecule has 0 aliphatic heterocycles. The number of hydrogen-bond acceptors (Lipinski definition) is 6. The molecule has 0 bridgehead atoms. The first-order chi connectivity index (χ1) is 11.6. The van der Waals surface area contributed by atoms with Gasteiger partial charge in [0.05, 0.1) is 6.20 Å². The fraction of sp³-hybridized carbons (Fsp3) is 0.0625. The summed E-state index contributed by atoms with van der Waals surface area (Å²) in [5.74, 6) is 0. The first-order valence-corrected chi connectivity index (χ1v) is 9.08. The smallest absolute Gasteiger partial charge is 0.255 e. The molecule has 3 aromatic rings. The molecule has 0 aliphatic rings. The van der Waals surface area contributed by atoms with Crippen molar-refractivity contribution in [1.29, 1.82) is 0 Å². The molecule has 1 N–H and O–H groups in total. The van der Waals surface area contributed by atoms with Crippen LogP contribution in [0.4, 0.5) is 0 Å². The van der Waals surface area contributed by atoms with Crippen LogP contribution < -0.4 is 0 Å². The molecule has 0 aliphatic carbocycles. The van der Waals surface area contributed by atoms with Crippen LogP contribution >= 0.6 is 11.8 Å². The zero-order valence-electron chi connectivity index (χ0n) is 12.6. The van der Waals surface area contributed by atoms with Crippen LogP contribution in [-0.2, 0) is 20.4 Å². The first kappa shape index (κ1) is 17.8. The molecule has 0 fully saturated rings. The second kappa shape index (κ2) is 8.93. The van der Waals surface area contributed by atoms with Crippen molar-refractivity contribution in [2.24, 2.45) is 0 Å². The van der Waals surface area contributed by atoms with E-state index >= 15 is 0 Å². The van der Waals surface area contributed by atoms with E-state index in [-0.39, 0.29) is 6.15 Å². The molecule has 0 spiro atoms. The quantitative estimate of drug-likeness (QED) is 0.770. The van der Waals surface area contributed by atoms with Gasteiger partial charge in [0, 0.05) is 26.8 Å². The molecule has 1 unspecified atom stereocenters. The Morgan fingerprint density at radius 1 is 1.00 bits per heavy atom. The first-order valence-electron chi connectivity index (χ1n) is 6.71. The Morgan fingerprint density at radius 2 is 1.54 bits per heavy atom. The van der Waals surface area contributed by atoms with Crippen molar-refractivity contribution < 1.29 is 13.8 Å². The van der Waals surface area contributed by atoms with Crippen LogP contribution in [0.5, 0.6) is 0 Å². The maximum Gasteiger partial charge on any atom is 0.373 e. The van der Waals surface area contributed by atoms with E-state index in [0.717, 1.165) is 25.9 Å². The predicted molar refractivity (Wildman–Crippen MR) is 89.7 cm³/mol. The van der Waals surface area contributed by atoms with Gasteiger partial charge in [0.25, 0.3) is 0 Å². The lowest BCUT2D eigenvalue weighted by molar-refractivity contribution is -0.191. The molecule has 0 amide bonds. The van der Waals surface area contributed by atoms with Gasteiger partial charge in [-0.25, -0.2) is 0 Å². The van der Waals surface area contributed by atoms with Crippen molar-refractivity contribution in [2.75, 3.05) is 6.26 Å². The van der Waals surface area contributed by atoms with E-state index in [2.05, 4.69) is 39.7 Å². The Morgan fingerprint density at radius 3 is 2.00 bits per heavy atom. The van der Waals surface area contributed by atoms with Crippen LogP contribution in [0.15, 0.2) is 69.5 Å². The van der Waals surface area contributed by atoms with E-state index in [1.807, 2.05) is 24.3 Å². The highest BCUT2D eigenvalue weighted by Gasteiger charge is 2.03. The number of nitrogens with one attached hydrogen (secondary N) is 1. The van der Waals surface area contributed by atoms with Gasteiger partial charge in [-0.15, -0.1) is 5.10 Å². The third-order valence-electron chi connectivity index (χ3n) is 2.99. The summed E-state index contributed by atoms with van der Waals surface area (Å²) in [6.07, 6.45) is 3.63. The molecule has 3 rings (SSSR count). The number of H-pyrrole nitrogens is 1. The fourth-order valence-corrected chi connectivity index (χ4v) is 3.14. The minimum absolute atomic E-state index is 0.250. The number of benzene rings is 2. The molecule has 8 heteroatoms. The van der Waals surface area contributed by atoms with Gasteiger partial charge in [-0.2, -0.15) is 19.9 Å². The molecule has 0 radical (unpaired) electrons. The molecule has 122 valence electrons. The van der Waals surface area contributed by atoms with E-state index in [4.69, 9.17) is 9.59 Å². The lowest BCUT2D eigenvalue weighted by Crippen LogP contribution is -1.86. The van der Waals surface area contributed by atoms with Crippen LogP contribution in [-0.4, -0.2) is 32.0 Å². The molecule has 1 aromatic heterocycles. The van der Waals surface area contributed by atoms with Gasteiger partial charge < -0.3 is 0 Å². The summed E-state index contributed by atoms with van der Waals surface area (Å²) >= 11 is 1.56. The Kier molecular flexibility index (Phi) is 6.62. The summed E-state index contributed by atoms with van der Waals surface area (Å²) in [6.45, 7) is 0. The zero-order valence-corrected chi connectivity index (χ0v) is 14.3. The molecule has 1 atom stereocenters. The summed E-state index contributed by atoms with van der Waals surface area (Å²) in [4.78, 5) is 18.2. The van der Waals surface area contributed by atoms with Crippen molar-refractivity contribution in [2.45, 2.75) is 14.8 Å². The Hall–Kier alpha value is -2.54. The van der Waals surface area contributed by atoms with Crippen molar-refractivity contribution in [1.82, 2.24) is 15.4 Å². The second-order valence-electron chi connectivity index (χ2n) is 4.50. The predicted octanol–water partition coefficient (Wildman–Crippen LogP) is 2.78. The summed E-state index contributed by atoms with van der Waals surface area (Å²) in [5.41, 5.74) is 2.25. The van der Waals surface area contributed by atoms with Gasteiger partial charge in [0.1, 0.15) is 5.03 Å². The summed E-state index contributed by atoms with van der Waals surface area (Å²) in [5, 5.41) is 11.2. The molecule has 2 aromatic carbocycles. The summed E-state index contributed by atoms with van der Waals surface area (Å²) in [7, 11) is -0.935. The minimum Gasteiger partial charge on any atom is -0.255 e. The van der Waals surface area contributed by atoms with Crippen molar-refractivity contribution in [3.8, 4) is 11.1 Å². The third kappa shape index (κ3) is 4.99. The average molecular weight is 359 g/mol. The maximum absolute atomic E-state index is 11.4. The highest BCUT2D eigenvalue weighted by atomic mass is 32.2. The zero-order chi connectivity index (χ0) is 17.4. The normalized spacial score (nSPS) is 11.0. The van der Waals surface area contributed by atoms with Gasteiger partial charge in [-0.1, -0.05) is 36.0 Å². The number of aromatic nitrogens is 3. The summed E-state index contributed by atoms with van der Waals surface area (Å²) < 4.78 is 11.4. The molecule has 1 heterocycles. The maximum atomic E-state index is 11.4. The third-order valence-corrected chi connectivity index (χ3v) is 4.84. The monoisotopic (exact) mass is 359 g/mol. The molecule has 0 saturated heterocycles. The second-order valence-corrected chi connectivity index (χ2v) is 6.97. The Balaban J connectivity index is 0.000000647. The van der Waals surface area contributed by atoms with Crippen LogP contribution in [0.1, 0.15) is 0 Å². The number of carbonyl (C=O) groups excluding carboxylic acids is 2. The average Bonchev–Trinajstić information content (AvgIpc) is 3.09. The lowest BCUT2D eigenvalue weighted by Gasteiger charge is -2.04. The van der Waals surface area contributed by atoms with Crippen LogP contribution in [0.3, 0.4) is 0 Å². The van der Waals surface area contributed by atoms with Gasteiger partial charge in [0.15, 0.2) is 0 Å². The number of aromatic amines is 1. The molecule has 0 saturated carbocycles. The fourth-order valence-electron chi connectivity index (χ4n) is 1.92. The van der Waals surface area contributed by atoms with Crippen LogP contribution in [0.25, 0.3) is 11.1 Å². The van der Waals surface area contributed by atoms with Crippen molar-refractivity contribution >= 4 is 28.7 Å². The van der Waals surface area contributed by atoms with Gasteiger partial charge in [0.2, 0.25) is 0 Å². The topological polar surface area (TPSA) is 92.8 Å². The van der Waals surface area contributed by atoms with E-state index in [0.29, 0.717) is 0 Å². The van der Waals surface area contributed by atoms with Crippen molar-refractivity contribution in [3.05, 3.63) is 54.7 Å². The van der Waals surface area contributed by atoms with Crippen LogP contribution in [0, 0.1) is 0 Å². The molecular formula is C16H13N3O3S2. The highest BCUT2D eigenvalue weighted by molar-refractivity contribution is 7.99. The minimum atomic E-state index is -0.935. The van der Waals surface area contributed by atoms with Gasteiger partial charge in [-0.05, 0) is 35.4 Å².